The van der Waals surface area contributed by atoms with Crippen molar-refractivity contribution in [3.63, 3.8) is 0 Å². The van der Waals surface area contributed by atoms with Crippen LogP contribution in [0.1, 0.15) is 82.0 Å². The molecule has 4 aromatic rings. The maximum absolute atomic E-state index is 14.1. The van der Waals surface area contributed by atoms with Crippen LogP contribution in [0.25, 0.3) is 0 Å². The number of nitrogens with zero attached hydrogens (tertiary/aromatic N) is 2. The van der Waals surface area contributed by atoms with E-state index in [1.807, 2.05) is 125 Å². The van der Waals surface area contributed by atoms with Crippen molar-refractivity contribution in [1.82, 2.24) is 10.1 Å². The molecule has 5 rings (SSSR count). The van der Waals surface area contributed by atoms with E-state index in [2.05, 4.69) is 0 Å². The van der Waals surface area contributed by atoms with E-state index in [1.165, 1.54) is 0 Å². The van der Waals surface area contributed by atoms with Gasteiger partial charge in [0.05, 0.1) is 23.9 Å². The highest BCUT2D eigenvalue weighted by Crippen LogP contribution is 2.34. The van der Waals surface area contributed by atoms with Gasteiger partial charge in [-0.1, -0.05) is 119 Å². The molecule has 0 aromatic heterocycles. The van der Waals surface area contributed by atoms with Gasteiger partial charge in [0.1, 0.15) is 0 Å². The van der Waals surface area contributed by atoms with Crippen molar-refractivity contribution in [2.45, 2.75) is 77.3 Å². The molecule has 2 amide bonds. The highest BCUT2D eigenvalue weighted by molar-refractivity contribution is 5.87. The number of hydroxylamine groups is 4. The molecule has 1 unspecified atom stereocenters. The van der Waals surface area contributed by atoms with E-state index >= 15 is 0 Å². The largest absolute Gasteiger partial charge is 0.286 e. The molecule has 0 spiro atoms. The molecule has 1 aliphatic carbocycles. The summed E-state index contributed by atoms with van der Waals surface area (Å²) in [5, 5.41) is 24.6. The molecule has 0 heterocycles. The number of rotatable bonds is 8. The lowest BCUT2D eigenvalue weighted by Crippen LogP contribution is -2.49. The number of carbonyl (C=O) groups is 2. The van der Waals surface area contributed by atoms with Gasteiger partial charge in [0, 0.05) is 0 Å². The number of aryl methyl sites for hydroxylation is 4. The second-order valence-corrected chi connectivity index (χ2v) is 12.4. The lowest BCUT2D eigenvalue weighted by molar-refractivity contribution is -0.195. The first-order valence-electron chi connectivity index (χ1n) is 15.4. The smallest absolute Gasteiger partial charge is 0.258 e. The molecule has 0 saturated heterocycles. The van der Waals surface area contributed by atoms with Crippen LogP contribution in [-0.2, 0) is 9.59 Å². The van der Waals surface area contributed by atoms with E-state index < -0.39 is 35.7 Å². The van der Waals surface area contributed by atoms with E-state index in [0.29, 0.717) is 19.3 Å². The Balaban J connectivity index is 1.39. The lowest BCUT2D eigenvalue weighted by Gasteiger charge is -2.38. The van der Waals surface area contributed by atoms with Gasteiger partial charge in [-0.05, 0) is 75.6 Å². The van der Waals surface area contributed by atoms with Crippen LogP contribution in [0.4, 0.5) is 0 Å². The minimum atomic E-state index is -0.681. The standard InChI is InChI=1S/C38H42N2O4/c1-25-10-5-14-29(20-25)35(30-15-6-11-26(2)21-30)37(41)39(43)33-18-9-19-34(24-33)40(44)38(42)36(31-16-7-12-27(3)22-31)32-17-8-13-28(4)23-32/h5-8,10-17,20-23,33-36,43-44H,9,18-19,24H2,1-4H3/t33-,34?/m1/s1. The molecule has 44 heavy (non-hydrogen) atoms. The average molecular weight is 591 g/mol. The fourth-order valence-corrected chi connectivity index (χ4v) is 6.56. The van der Waals surface area contributed by atoms with E-state index in [9.17, 15) is 20.0 Å². The van der Waals surface area contributed by atoms with Gasteiger partial charge in [-0.15, -0.1) is 0 Å². The zero-order valence-corrected chi connectivity index (χ0v) is 26.0. The Hall–Kier alpha value is -4.26. The Labute approximate surface area is 260 Å². The van der Waals surface area contributed by atoms with E-state index in [-0.39, 0.29) is 6.42 Å². The quantitative estimate of drug-likeness (QED) is 0.163. The Morgan fingerprint density at radius 1 is 0.568 bits per heavy atom. The van der Waals surface area contributed by atoms with Crippen LogP contribution in [0.3, 0.4) is 0 Å². The summed E-state index contributed by atoms with van der Waals surface area (Å²) in [5.74, 6) is -2.20. The second-order valence-electron chi connectivity index (χ2n) is 12.4. The van der Waals surface area contributed by atoms with E-state index in [0.717, 1.165) is 54.6 Å². The highest BCUT2D eigenvalue weighted by Gasteiger charge is 2.38. The molecule has 228 valence electrons. The minimum Gasteiger partial charge on any atom is -0.286 e. The fraction of sp³-hybridized carbons (Fsp3) is 0.316. The van der Waals surface area contributed by atoms with Gasteiger partial charge >= 0.3 is 0 Å². The molecule has 6 heteroatoms. The molecule has 0 bridgehead atoms. The van der Waals surface area contributed by atoms with E-state index in [4.69, 9.17) is 0 Å². The van der Waals surface area contributed by atoms with Gasteiger partial charge in [-0.3, -0.25) is 20.0 Å². The van der Waals surface area contributed by atoms with Gasteiger partial charge in [0.25, 0.3) is 11.8 Å². The van der Waals surface area contributed by atoms with Gasteiger partial charge < -0.3 is 0 Å². The molecular weight excluding hydrogens is 548 g/mol. The van der Waals surface area contributed by atoms with Crippen LogP contribution in [0.5, 0.6) is 0 Å². The zero-order valence-electron chi connectivity index (χ0n) is 26.0. The minimum absolute atomic E-state index is 0.271. The maximum Gasteiger partial charge on any atom is 0.258 e. The third-order valence-electron chi connectivity index (χ3n) is 8.76. The zero-order chi connectivity index (χ0) is 31.4. The van der Waals surface area contributed by atoms with Crippen LogP contribution in [0.2, 0.25) is 0 Å². The van der Waals surface area contributed by atoms with Gasteiger partial charge in [0.2, 0.25) is 0 Å². The molecule has 2 atom stereocenters. The summed E-state index contributed by atoms with van der Waals surface area (Å²) >= 11 is 0. The van der Waals surface area contributed by atoms with Crippen molar-refractivity contribution in [1.29, 1.82) is 0 Å². The maximum atomic E-state index is 14.1. The first-order valence-corrected chi connectivity index (χ1v) is 15.4. The Morgan fingerprint density at radius 3 is 1.14 bits per heavy atom. The topological polar surface area (TPSA) is 81.1 Å². The van der Waals surface area contributed by atoms with Crippen molar-refractivity contribution in [3.8, 4) is 0 Å². The summed E-state index contributed by atoms with van der Waals surface area (Å²) in [6, 6.07) is 30.1. The molecule has 0 radical (unpaired) electrons. The van der Waals surface area contributed by atoms with Crippen molar-refractivity contribution in [2.24, 2.45) is 0 Å². The van der Waals surface area contributed by atoms with Gasteiger partial charge in [0.15, 0.2) is 0 Å². The highest BCUT2D eigenvalue weighted by atomic mass is 16.5. The Morgan fingerprint density at radius 2 is 0.864 bits per heavy atom. The lowest BCUT2D eigenvalue weighted by atomic mass is 9.85. The van der Waals surface area contributed by atoms with E-state index in [1.54, 1.807) is 0 Å². The van der Waals surface area contributed by atoms with Crippen LogP contribution < -0.4 is 0 Å². The summed E-state index contributed by atoms with van der Waals surface area (Å²) in [7, 11) is 0. The van der Waals surface area contributed by atoms with Crippen molar-refractivity contribution in [2.75, 3.05) is 0 Å². The summed E-state index contributed by atoms with van der Waals surface area (Å²) in [6.45, 7) is 7.93. The number of amides is 2. The summed E-state index contributed by atoms with van der Waals surface area (Å²) in [4.78, 5) is 28.1. The van der Waals surface area contributed by atoms with Crippen molar-refractivity contribution < 1.29 is 20.0 Å². The third kappa shape index (κ3) is 6.93. The molecule has 2 N–H and O–H groups in total. The van der Waals surface area contributed by atoms with Gasteiger partial charge in [-0.2, -0.15) is 0 Å². The molecule has 1 saturated carbocycles. The van der Waals surface area contributed by atoms with Crippen LogP contribution in [-0.4, -0.2) is 44.4 Å². The SMILES string of the molecule is Cc1cccc(C(C(=O)N(O)C2CCC[C@@H](N(O)C(=O)C(c3cccc(C)c3)c3cccc(C)c3)C2)c2cccc(C)c2)c1. The van der Waals surface area contributed by atoms with Crippen LogP contribution in [0, 0.1) is 27.7 Å². The normalized spacial score (nSPS) is 16.6. The van der Waals surface area contributed by atoms with Crippen LogP contribution >= 0.6 is 0 Å². The number of hydrogen-bond acceptors (Lipinski definition) is 4. The van der Waals surface area contributed by atoms with Crippen LogP contribution in [0.15, 0.2) is 97.1 Å². The predicted molar refractivity (Wildman–Crippen MR) is 172 cm³/mol. The predicted octanol–water partition coefficient (Wildman–Crippen LogP) is 7.63. The monoisotopic (exact) mass is 590 g/mol. The number of benzene rings is 4. The molecule has 1 aliphatic rings. The molecule has 6 nitrogen and oxygen atoms in total. The summed E-state index contributed by atoms with van der Waals surface area (Å²) < 4.78 is 0. The summed E-state index contributed by atoms with van der Waals surface area (Å²) in [5.41, 5.74) is 7.36. The fourth-order valence-electron chi connectivity index (χ4n) is 6.56. The molecule has 4 aromatic carbocycles. The molecule has 0 aliphatic heterocycles. The first-order chi connectivity index (χ1) is 21.1. The number of hydrogen-bond donors (Lipinski definition) is 2. The number of carbonyl (C=O) groups excluding carboxylic acids is 2. The van der Waals surface area contributed by atoms with Crippen molar-refractivity contribution in [3.05, 3.63) is 142 Å². The molecule has 1 fully saturated rings. The Bertz CT molecular complexity index is 1420. The second kappa shape index (κ2) is 13.6. The van der Waals surface area contributed by atoms with Gasteiger partial charge in [-0.25, -0.2) is 10.1 Å². The first kappa shape index (κ1) is 31.2. The van der Waals surface area contributed by atoms with Crippen molar-refractivity contribution >= 4 is 11.8 Å². The Kier molecular flexibility index (Phi) is 9.62. The molecular formula is C38H42N2O4. The third-order valence-corrected chi connectivity index (χ3v) is 8.76. The summed E-state index contributed by atoms with van der Waals surface area (Å²) in [6.07, 6.45) is 2.08. The average Bonchev–Trinajstić information content (AvgIpc) is 3.01.